The van der Waals surface area contributed by atoms with Crippen LogP contribution >= 0.6 is 11.3 Å². The largest absolute Gasteiger partial charge is 0.465 e. The van der Waals surface area contributed by atoms with Crippen LogP contribution in [0.2, 0.25) is 0 Å². The molecule has 1 unspecified atom stereocenters. The molecule has 1 atom stereocenters. The van der Waals surface area contributed by atoms with Crippen LogP contribution in [-0.4, -0.2) is 24.2 Å². The fourth-order valence-corrected chi connectivity index (χ4v) is 2.19. The van der Waals surface area contributed by atoms with E-state index >= 15 is 0 Å². The number of aryl methyl sites for hydroxylation is 1. The third-order valence-electron chi connectivity index (χ3n) is 2.18. The SMILES string of the molecule is CCc1csc(OC2CCNC2)n1. The second-order valence-electron chi connectivity index (χ2n) is 3.19. The zero-order chi connectivity index (χ0) is 9.10. The number of ether oxygens (including phenoxy) is 1. The summed E-state index contributed by atoms with van der Waals surface area (Å²) in [6, 6.07) is 0. The molecule has 13 heavy (non-hydrogen) atoms. The topological polar surface area (TPSA) is 34.1 Å². The predicted octanol–water partition coefficient (Wildman–Crippen LogP) is 1.45. The highest BCUT2D eigenvalue weighted by atomic mass is 32.1. The van der Waals surface area contributed by atoms with Crippen LogP contribution in [0, 0.1) is 0 Å². The van der Waals surface area contributed by atoms with Crippen molar-refractivity contribution < 1.29 is 4.74 Å². The van der Waals surface area contributed by atoms with Crippen molar-refractivity contribution in [1.82, 2.24) is 10.3 Å². The standard InChI is InChI=1S/C9H14N2OS/c1-2-7-6-13-9(11-7)12-8-3-4-10-5-8/h6,8,10H,2-5H2,1H3. The minimum absolute atomic E-state index is 0.329. The maximum Gasteiger partial charge on any atom is 0.273 e. The van der Waals surface area contributed by atoms with E-state index in [2.05, 4.69) is 22.6 Å². The van der Waals surface area contributed by atoms with E-state index in [0.29, 0.717) is 6.10 Å². The molecular formula is C9H14N2OS. The van der Waals surface area contributed by atoms with E-state index in [9.17, 15) is 0 Å². The Labute approximate surface area is 82.1 Å². The molecule has 0 spiro atoms. The molecule has 3 nitrogen and oxygen atoms in total. The van der Waals surface area contributed by atoms with Crippen LogP contribution < -0.4 is 10.1 Å². The second-order valence-corrected chi connectivity index (χ2v) is 4.01. The van der Waals surface area contributed by atoms with Crippen molar-refractivity contribution in [2.75, 3.05) is 13.1 Å². The maximum atomic E-state index is 5.70. The quantitative estimate of drug-likeness (QED) is 0.798. The molecule has 0 saturated carbocycles. The lowest BCUT2D eigenvalue weighted by atomic mass is 10.3. The van der Waals surface area contributed by atoms with E-state index in [4.69, 9.17) is 4.74 Å². The van der Waals surface area contributed by atoms with Crippen molar-refractivity contribution >= 4 is 11.3 Å². The molecule has 0 amide bonds. The van der Waals surface area contributed by atoms with Gasteiger partial charge >= 0.3 is 0 Å². The van der Waals surface area contributed by atoms with Gasteiger partial charge in [0.2, 0.25) is 0 Å². The van der Waals surface area contributed by atoms with Gasteiger partial charge in [0.25, 0.3) is 5.19 Å². The molecule has 2 rings (SSSR count). The highest BCUT2D eigenvalue weighted by Crippen LogP contribution is 2.20. The van der Waals surface area contributed by atoms with Gasteiger partial charge < -0.3 is 10.1 Å². The fourth-order valence-electron chi connectivity index (χ4n) is 1.38. The molecule has 1 aromatic heterocycles. The van der Waals surface area contributed by atoms with Gasteiger partial charge in [0.1, 0.15) is 6.10 Å². The zero-order valence-corrected chi connectivity index (χ0v) is 8.56. The van der Waals surface area contributed by atoms with Crippen LogP contribution in [0.15, 0.2) is 5.38 Å². The molecular weight excluding hydrogens is 184 g/mol. The molecule has 4 heteroatoms. The van der Waals surface area contributed by atoms with Gasteiger partial charge in [0.15, 0.2) is 0 Å². The summed E-state index contributed by atoms with van der Waals surface area (Å²) in [5.41, 5.74) is 1.13. The molecule has 1 aliphatic rings. The van der Waals surface area contributed by atoms with E-state index < -0.39 is 0 Å². The molecule has 0 aromatic carbocycles. The molecule has 1 saturated heterocycles. The van der Waals surface area contributed by atoms with Crippen LogP contribution in [0.5, 0.6) is 5.19 Å². The number of nitrogens with zero attached hydrogens (tertiary/aromatic N) is 1. The van der Waals surface area contributed by atoms with Crippen molar-refractivity contribution in [3.05, 3.63) is 11.1 Å². The average Bonchev–Trinajstić information content (AvgIpc) is 2.76. The van der Waals surface area contributed by atoms with Crippen LogP contribution in [0.25, 0.3) is 0 Å². The predicted molar refractivity (Wildman–Crippen MR) is 53.4 cm³/mol. The summed E-state index contributed by atoms with van der Waals surface area (Å²) in [5, 5.41) is 6.16. The van der Waals surface area contributed by atoms with Crippen molar-refractivity contribution in [2.45, 2.75) is 25.9 Å². The number of hydrogen-bond donors (Lipinski definition) is 1. The Morgan fingerprint density at radius 3 is 3.31 bits per heavy atom. The Balaban J connectivity index is 1.92. The van der Waals surface area contributed by atoms with Gasteiger partial charge in [0.05, 0.1) is 5.69 Å². The Bertz CT molecular complexity index is 268. The zero-order valence-electron chi connectivity index (χ0n) is 7.75. The van der Waals surface area contributed by atoms with Gasteiger partial charge in [-0.25, -0.2) is 4.98 Å². The first kappa shape index (κ1) is 8.97. The lowest BCUT2D eigenvalue weighted by Gasteiger charge is -2.07. The smallest absolute Gasteiger partial charge is 0.273 e. The Morgan fingerprint density at radius 2 is 2.69 bits per heavy atom. The average molecular weight is 198 g/mol. The Morgan fingerprint density at radius 1 is 1.77 bits per heavy atom. The summed E-state index contributed by atoms with van der Waals surface area (Å²) in [4.78, 5) is 4.36. The first-order valence-corrected chi connectivity index (χ1v) is 5.58. The van der Waals surface area contributed by atoms with Gasteiger partial charge in [-0.3, -0.25) is 0 Å². The number of rotatable bonds is 3. The first-order chi connectivity index (χ1) is 6.38. The number of thiazole rings is 1. The summed E-state index contributed by atoms with van der Waals surface area (Å²) in [7, 11) is 0. The summed E-state index contributed by atoms with van der Waals surface area (Å²) < 4.78 is 5.70. The minimum Gasteiger partial charge on any atom is -0.465 e. The van der Waals surface area contributed by atoms with Gasteiger partial charge in [-0.05, 0) is 19.4 Å². The lowest BCUT2D eigenvalue weighted by Crippen LogP contribution is -2.19. The number of nitrogens with one attached hydrogen (secondary N) is 1. The molecule has 1 fully saturated rings. The van der Waals surface area contributed by atoms with E-state index in [1.54, 1.807) is 11.3 Å². The monoisotopic (exact) mass is 198 g/mol. The molecule has 72 valence electrons. The van der Waals surface area contributed by atoms with Crippen molar-refractivity contribution in [1.29, 1.82) is 0 Å². The highest BCUT2D eigenvalue weighted by Gasteiger charge is 2.17. The van der Waals surface area contributed by atoms with Crippen molar-refractivity contribution in [3.8, 4) is 5.19 Å². The molecule has 1 N–H and O–H groups in total. The summed E-state index contributed by atoms with van der Waals surface area (Å²) in [6.45, 7) is 4.13. The molecule has 1 aliphatic heterocycles. The number of hydrogen-bond acceptors (Lipinski definition) is 4. The summed E-state index contributed by atoms with van der Waals surface area (Å²) >= 11 is 1.60. The van der Waals surface area contributed by atoms with E-state index in [-0.39, 0.29) is 0 Å². The number of aromatic nitrogens is 1. The third kappa shape index (κ3) is 2.19. The van der Waals surface area contributed by atoms with Gasteiger partial charge in [-0.15, -0.1) is 0 Å². The van der Waals surface area contributed by atoms with Gasteiger partial charge in [-0.1, -0.05) is 18.3 Å². The molecule has 2 heterocycles. The van der Waals surface area contributed by atoms with Crippen LogP contribution in [0.4, 0.5) is 0 Å². The van der Waals surface area contributed by atoms with Gasteiger partial charge in [-0.2, -0.15) is 0 Å². The van der Waals surface area contributed by atoms with E-state index in [0.717, 1.165) is 36.8 Å². The highest BCUT2D eigenvalue weighted by molar-refractivity contribution is 7.11. The molecule has 0 radical (unpaired) electrons. The Kier molecular flexibility index (Phi) is 2.80. The second kappa shape index (κ2) is 4.07. The molecule has 1 aromatic rings. The van der Waals surface area contributed by atoms with Crippen molar-refractivity contribution in [3.63, 3.8) is 0 Å². The maximum absolute atomic E-state index is 5.70. The van der Waals surface area contributed by atoms with E-state index in [1.165, 1.54) is 0 Å². The molecule has 0 aliphatic carbocycles. The normalized spacial score (nSPS) is 22.1. The first-order valence-electron chi connectivity index (χ1n) is 4.70. The Hall–Kier alpha value is -0.610. The summed E-state index contributed by atoms with van der Waals surface area (Å²) in [6.07, 6.45) is 2.42. The van der Waals surface area contributed by atoms with Crippen molar-refractivity contribution in [2.24, 2.45) is 0 Å². The van der Waals surface area contributed by atoms with E-state index in [1.807, 2.05) is 0 Å². The van der Waals surface area contributed by atoms with Crippen LogP contribution in [0.1, 0.15) is 19.0 Å². The van der Waals surface area contributed by atoms with Crippen LogP contribution in [-0.2, 0) is 6.42 Å². The van der Waals surface area contributed by atoms with Crippen LogP contribution in [0.3, 0.4) is 0 Å². The van der Waals surface area contributed by atoms with Gasteiger partial charge in [0, 0.05) is 11.9 Å². The summed E-state index contributed by atoms with van der Waals surface area (Å²) in [5.74, 6) is 0. The third-order valence-corrected chi connectivity index (χ3v) is 2.95. The fraction of sp³-hybridized carbons (Fsp3) is 0.667. The minimum atomic E-state index is 0.329. The molecule has 0 bridgehead atoms. The lowest BCUT2D eigenvalue weighted by molar-refractivity contribution is 0.221.